The van der Waals surface area contributed by atoms with Gasteiger partial charge < -0.3 is 10.1 Å². The van der Waals surface area contributed by atoms with Crippen LogP contribution in [0.3, 0.4) is 0 Å². The molecule has 1 N–H and O–H groups in total. The van der Waals surface area contributed by atoms with E-state index in [9.17, 15) is 13.2 Å². The summed E-state index contributed by atoms with van der Waals surface area (Å²) in [4.78, 5) is 12.4. The van der Waals surface area contributed by atoms with Crippen molar-refractivity contribution in [3.63, 3.8) is 0 Å². The summed E-state index contributed by atoms with van der Waals surface area (Å²) in [6.45, 7) is 4.66. The van der Waals surface area contributed by atoms with Crippen LogP contribution in [0, 0.1) is 0 Å². The standard InChI is InChI=1S/C20H26N2O4S/c1-3-5-15-21-20(23)16-22(17-11-13-18(14-12-17)26-4-2)27(24,25)19-9-7-6-8-10-19/h6-14H,3-5,15-16H2,1-2H3,(H,21,23). The van der Waals surface area contributed by atoms with Crippen LogP contribution in [0.15, 0.2) is 59.5 Å². The van der Waals surface area contributed by atoms with Gasteiger partial charge in [-0.2, -0.15) is 0 Å². The number of carbonyl (C=O) groups excluding carboxylic acids is 1. The van der Waals surface area contributed by atoms with E-state index in [0.717, 1.165) is 17.1 Å². The summed E-state index contributed by atoms with van der Waals surface area (Å²) in [7, 11) is -3.87. The van der Waals surface area contributed by atoms with Gasteiger partial charge in [0.15, 0.2) is 0 Å². The number of carbonyl (C=O) groups is 1. The van der Waals surface area contributed by atoms with Crippen molar-refractivity contribution in [1.82, 2.24) is 5.32 Å². The molecule has 1 amide bonds. The Hall–Kier alpha value is -2.54. The lowest BCUT2D eigenvalue weighted by Crippen LogP contribution is -2.41. The van der Waals surface area contributed by atoms with Gasteiger partial charge in [0.05, 0.1) is 17.2 Å². The molecule has 0 unspecified atom stereocenters. The van der Waals surface area contributed by atoms with E-state index < -0.39 is 10.0 Å². The van der Waals surface area contributed by atoms with Crippen molar-refractivity contribution in [2.24, 2.45) is 0 Å². The molecule has 0 aliphatic rings. The van der Waals surface area contributed by atoms with E-state index in [1.54, 1.807) is 42.5 Å². The van der Waals surface area contributed by atoms with Gasteiger partial charge in [0.2, 0.25) is 5.91 Å². The maximum Gasteiger partial charge on any atom is 0.264 e. The van der Waals surface area contributed by atoms with Crippen LogP contribution in [0.2, 0.25) is 0 Å². The summed E-state index contributed by atoms with van der Waals surface area (Å²) in [5, 5.41) is 2.77. The third kappa shape index (κ3) is 5.72. The summed E-state index contributed by atoms with van der Waals surface area (Å²) < 4.78 is 32.8. The van der Waals surface area contributed by atoms with E-state index in [4.69, 9.17) is 4.74 Å². The van der Waals surface area contributed by atoms with Gasteiger partial charge in [-0.25, -0.2) is 8.42 Å². The Kier molecular flexibility index (Phi) is 7.67. The van der Waals surface area contributed by atoms with Crippen molar-refractivity contribution in [1.29, 1.82) is 0 Å². The summed E-state index contributed by atoms with van der Waals surface area (Å²) >= 11 is 0. The molecule has 2 rings (SSSR count). The Morgan fingerprint density at radius 2 is 1.70 bits per heavy atom. The van der Waals surface area contributed by atoms with Crippen molar-refractivity contribution in [3.8, 4) is 5.75 Å². The SMILES string of the molecule is CCCCNC(=O)CN(c1ccc(OCC)cc1)S(=O)(=O)c1ccccc1. The second kappa shape index (κ2) is 9.97. The Labute approximate surface area is 161 Å². The molecule has 27 heavy (non-hydrogen) atoms. The van der Waals surface area contributed by atoms with Gasteiger partial charge in [-0.1, -0.05) is 31.5 Å². The number of hydrogen-bond donors (Lipinski definition) is 1. The van der Waals surface area contributed by atoms with Crippen molar-refractivity contribution in [3.05, 3.63) is 54.6 Å². The number of benzene rings is 2. The molecule has 6 nitrogen and oxygen atoms in total. The van der Waals surface area contributed by atoms with Crippen LogP contribution in [-0.4, -0.2) is 34.0 Å². The highest BCUT2D eigenvalue weighted by molar-refractivity contribution is 7.92. The third-order valence-corrected chi connectivity index (χ3v) is 5.69. The molecule has 0 saturated carbocycles. The van der Waals surface area contributed by atoms with Gasteiger partial charge in [-0.05, 0) is 49.7 Å². The maximum absolute atomic E-state index is 13.1. The highest BCUT2D eigenvalue weighted by Crippen LogP contribution is 2.25. The van der Waals surface area contributed by atoms with Crippen molar-refractivity contribution in [2.75, 3.05) is 24.0 Å². The van der Waals surface area contributed by atoms with Crippen LogP contribution in [0.1, 0.15) is 26.7 Å². The predicted molar refractivity (Wildman–Crippen MR) is 107 cm³/mol. The molecule has 2 aromatic carbocycles. The van der Waals surface area contributed by atoms with E-state index in [1.165, 1.54) is 12.1 Å². The van der Waals surface area contributed by atoms with Gasteiger partial charge in [0, 0.05) is 6.54 Å². The minimum absolute atomic E-state index is 0.139. The van der Waals surface area contributed by atoms with Crippen LogP contribution >= 0.6 is 0 Å². The van der Waals surface area contributed by atoms with Crippen molar-refractivity contribution >= 4 is 21.6 Å². The topological polar surface area (TPSA) is 75.7 Å². The molecule has 0 fully saturated rings. The zero-order chi connectivity index (χ0) is 19.7. The van der Waals surface area contributed by atoms with Gasteiger partial charge in [-0.3, -0.25) is 9.10 Å². The van der Waals surface area contributed by atoms with Crippen LogP contribution in [0.4, 0.5) is 5.69 Å². The zero-order valence-corrected chi connectivity index (χ0v) is 16.5. The van der Waals surface area contributed by atoms with E-state index in [2.05, 4.69) is 5.32 Å². The lowest BCUT2D eigenvalue weighted by molar-refractivity contribution is -0.119. The first kappa shape index (κ1) is 20.8. The lowest BCUT2D eigenvalue weighted by Gasteiger charge is -2.24. The van der Waals surface area contributed by atoms with E-state index in [-0.39, 0.29) is 17.3 Å². The molecular weight excluding hydrogens is 364 g/mol. The summed E-state index contributed by atoms with van der Waals surface area (Å²) in [6, 6.07) is 14.8. The summed E-state index contributed by atoms with van der Waals surface area (Å²) in [5.41, 5.74) is 0.410. The van der Waals surface area contributed by atoms with Gasteiger partial charge in [-0.15, -0.1) is 0 Å². The third-order valence-electron chi connectivity index (χ3n) is 3.91. The number of unbranched alkanes of at least 4 members (excludes halogenated alkanes) is 1. The number of amides is 1. The molecule has 0 saturated heterocycles. The molecule has 0 spiro atoms. The largest absolute Gasteiger partial charge is 0.494 e. The number of nitrogens with one attached hydrogen (secondary N) is 1. The fourth-order valence-electron chi connectivity index (χ4n) is 2.50. The van der Waals surface area contributed by atoms with Crippen LogP contribution in [0.5, 0.6) is 5.75 Å². The van der Waals surface area contributed by atoms with Crippen LogP contribution in [-0.2, 0) is 14.8 Å². The normalized spacial score (nSPS) is 11.0. The number of nitrogens with zero attached hydrogens (tertiary/aromatic N) is 1. The molecule has 7 heteroatoms. The Morgan fingerprint density at radius 3 is 2.30 bits per heavy atom. The molecule has 2 aromatic rings. The molecule has 0 aromatic heterocycles. The molecular formula is C20H26N2O4S. The lowest BCUT2D eigenvalue weighted by atomic mass is 10.3. The second-order valence-electron chi connectivity index (χ2n) is 5.96. The first-order valence-electron chi connectivity index (χ1n) is 9.06. The van der Waals surface area contributed by atoms with Gasteiger partial charge in [0.1, 0.15) is 12.3 Å². The quantitative estimate of drug-likeness (QED) is 0.632. The predicted octanol–water partition coefficient (Wildman–Crippen LogP) is 3.20. The highest BCUT2D eigenvalue weighted by atomic mass is 32.2. The monoisotopic (exact) mass is 390 g/mol. The van der Waals surface area contributed by atoms with E-state index >= 15 is 0 Å². The number of ether oxygens (including phenoxy) is 1. The molecule has 0 heterocycles. The molecule has 0 radical (unpaired) electrons. The molecule has 0 aliphatic carbocycles. The molecule has 0 aliphatic heterocycles. The van der Waals surface area contributed by atoms with Gasteiger partial charge in [0.25, 0.3) is 10.0 Å². The minimum atomic E-state index is -3.87. The number of rotatable bonds is 10. The Balaban J connectivity index is 2.32. The Morgan fingerprint density at radius 1 is 1.04 bits per heavy atom. The van der Waals surface area contributed by atoms with E-state index in [0.29, 0.717) is 24.6 Å². The first-order chi connectivity index (χ1) is 13.0. The average Bonchev–Trinajstić information content (AvgIpc) is 2.68. The minimum Gasteiger partial charge on any atom is -0.494 e. The number of sulfonamides is 1. The Bertz CT molecular complexity index is 821. The average molecular weight is 391 g/mol. The zero-order valence-electron chi connectivity index (χ0n) is 15.7. The fraction of sp³-hybridized carbons (Fsp3) is 0.350. The highest BCUT2D eigenvalue weighted by Gasteiger charge is 2.27. The number of anilines is 1. The molecule has 146 valence electrons. The first-order valence-corrected chi connectivity index (χ1v) is 10.5. The van der Waals surface area contributed by atoms with Crippen molar-refractivity contribution < 1.29 is 17.9 Å². The van der Waals surface area contributed by atoms with Crippen LogP contribution in [0.25, 0.3) is 0 Å². The van der Waals surface area contributed by atoms with Crippen LogP contribution < -0.4 is 14.4 Å². The summed E-state index contributed by atoms with van der Waals surface area (Å²) in [6.07, 6.45) is 1.80. The summed E-state index contributed by atoms with van der Waals surface area (Å²) in [5.74, 6) is 0.308. The number of hydrogen-bond acceptors (Lipinski definition) is 4. The fourth-order valence-corrected chi connectivity index (χ4v) is 3.94. The van der Waals surface area contributed by atoms with E-state index in [1.807, 2.05) is 13.8 Å². The molecule has 0 atom stereocenters. The molecule has 0 bridgehead atoms. The van der Waals surface area contributed by atoms with Crippen molar-refractivity contribution in [2.45, 2.75) is 31.6 Å². The second-order valence-corrected chi connectivity index (χ2v) is 7.82. The smallest absolute Gasteiger partial charge is 0.264 e. The maximum atomic E-state index is 13.1. The van der Waals surface area contributed by atoms with Gasteiger partial charge >= 0.3 is 0 Å².